The van der Waals surface area contributed by atoms with E-state index in [4.69, 9.17) is 0 Å². The van der Waals surface area contributed by atoms with Gasteiger partial charge < -0.3 is 5.32 Å². The number of benzene rings is 1. The van der Waals surface area contributed by atoms with Gasteiger partial charge in [0.25, 0.3) is 0 Å². The average molecular weight is 344 g/mol. The van der Waals surface area contributed by atoms with Crippen LogP contribution in [0.5, 0.6) is 0 Å². The average Bonchev–Trinajstić information content (AvgIpc) is 2.99. The van der Waals surface area contributed by atoms with E-state index in [1.54, 1.807) is 18.9 Å². The fourth-order valence-corrected chi connectivity index (χ4v) is 2.44. The van der Waals surface area contributed by atoms with Crippen molar-refractivity contribution in [3.63, 3.8) is 0 Å². The summed E-state index contributed by atoms with van der Waals surface area (Å²) in [6.45, 7) is 1.46. The van der Waals surface area contributed by atoms with Crippen molar-refractivity contribution in [2.24, 2.45) is 0 Å². The lowest BCUT2D eigenvalue weighted by molar-refractivity contribution is 0.680. The van der Waals surface area contributed by atoms with Crippen molar-refractivity contribution in [1.82, 2.24) is 19.7 Å². The zero-order chi connectivity index (χ0) is 14.5. The molecule has 1 N–H and O–H groups in total. The van der Waals surface area contributed by atoms with E-state index in [1.165, 1.54) is 11.1 Å². The second-order valence-corrected chi connectivity index (χ2v) is 5.52. The largest absolute Gasteiger partial charge is 0.380 e. The SMILES string of the molecule is Brc1cncc(NCc2ccccc2Cn2cncn2)c1. The molecule has 0 aliphatic rings. The molecule has 3 aromatic rings. The number of halogens is 1. The third kappa shape index (κ3) is 3.66. The van der Waals surface area contributed by atoms with Crippen molar-refractivity contribution in [3.8, 4) is 0 Å². The summed E-state index contributed by atoms with van der Waals surface area (Å²) in [7, 11) is 0. The fourth-order valence-electron chi connectivity index (χ4n) is 2.08. The van der Waals surface area contributed by atoms with Gasteiger partial charge in [-0.15, -0.1) is 0 Å². The van der Waals surface area contributed by atoms with E-state index in [0.717, 1.165) is 16.7 Å². The Morgan fingerprint density at radius 3 is 2.71 bits per heavy atom. The molecule has 5 nitrogen and oxygen atoms in total. The molecule has 6 heteroatoms. The molecule has 2 aromatic heterocycles. The predicted octanol–water partition coefficient (Wildman–Crippen LogP) is 3.10. The van der Waals surface area contributed by atoms with E-state index < -0.39 is 0 Å². The summed E-state index contributed by atoms with van der Waals surface area (Å²) in [6, 6.07) is 10.3. The molecule has 0 saturated carbocycles. The highest BCUT2D eigenvalue weighted by molar-refractivity contribution is 9.10. The van der Waals surface area contributed by atoms with Crippen LogP contribution in [0.25, 0.3) is 0 Å². The second-order valence-electron chi connectivity index (χ2n) is 4.61. The Bertz CT molecular complexity index is 712. The van der Waals surface area contributed by atoms with Crippen LogP contribution in [0, 0.1) is 0 Å². The van der Waals surface area contributed by atoms with Gasteiger partial charge in [0.05, 0.1) is 18.4 Å². The fraction of sp³-hybridized carbons (Fsp3) is 0.133. The molecule has 0 unspecified atom stereocenters. The van der Waals surface area contributed by atoms with Crippen LogP contribution in [0.15, 0.2) is 59.9 Å². The van der Waals surface area contributed by atoms with Gasteiger partial charge >= 0.3 is 0 Å². The number of anilines is 1. The topological polar surface area (TPSA) is 55.6 Å². The molecule has 0 saturated heterocycles. The number of nitrogens with zero attached hydrogens (tertiary/aromatic N) is 4. The molecule has 3 rings (SSSR count). The molecule has 1 aromatic carbocycles. The zero-order valence-electron chi connectivity index (χ0n) is 11.3. The van der Waals surface area contributed by atoms with E-state index in [2.05, 4.69) is 48.4 Å². The van der Waals surface area contributed by atoms with Gasteiger partial charge in [-0.05, 0) is 33.1 Å². The molecule has 2 heterocycles. The maximum atomic E-state index is 4.15. The van der Waals surface area contributed by atoms with Gasteiger partial charge in [-0.1, -0.05) is 24.3 Å². The van der Waals surface area contributed by atoms with Crippen LogP contribution in [0.4, 0.5) is 5.69 Å². The lowest BCUT2D eigenvalue weighted by Gasteiger charge is -2.11. The smallest absolute Gasteiger partial charge is 0.137 e. The summed E-state index contributed by atoms with van der Waals surface area (Å²) in [5, 5.41) is 7.54. The molecule has 21 heavy (non-hydrogen) atoms. The number of aromatic nitrogens is 4. The number of pyridine rings is 1. The Balaban J connectivity index is 1.73. The number of rotatable bonds is 5. The van der Waals surface area contributed by atoms with Gasteiger partial charge in [-0.2, -0.15) is 5.10 Å². The molecular weight excluding hydrogens is 330 g/mol. The summed E-state index contributed by atoms with van der Waals surface area (Å²) in [5.74, 6) is 0. The second kappa shape index (κ2) is 6.49. The first-order valence-corrected chi connectivity index (χ1v) is 7.34. The van der Waals surface area contributed by atoms with Crippen molar-refractivity contribution in [2.75, 3.05) is 5.32 Å². The maximum absolute atomic E-state index is 4.15. The molecule has 0 spiro atoms. The van der Waals surface area contributed by atoms with Gasteiger partial charge in [0.1, 0.15) is 12.7 Å². The van der Waals surface area contributed by atoms with Crippen LogP contribution >= 0.6 is 15.9 Å². The van der Waals surface area contributed by atoms with Crippen LogP contribution in [0.1, 0.15) is 11.1 Å². The molecule has 106 valence electrons. The minimum Gasteiger partial charge on any atom is -0.380 e. The third-order valence-electron chi connectivity index (χ3n) is 3.11. The summed E-state index contributed by atoms with van der Waals surface area (Å²) < 4.78 is 2.78. The summed E-state index contributed by atoms with van der Waals surface area (Å²) in [4.78, 5) is 8.12. The highest BCUT2D eigenvalue weighted by Gasteiger charge is 2.03. The van der Waals surface area contributed by atoms with Gasteiger partial charge in [0.2, 0.25) is 0 Å². The summed E-state index contributed by atoms with van der Waals surface area (Å²) in [6.07, 6.45) is 6.85. The van der Waals surface area contributed by atoms with E-state index in [9.17, 15) is 0 Å². The lowest BCUT2D eigenvalue weighted by atomic mass is 10.1. The Hall–Kier alpha value is -2.21. The first-order valence-electron chi connectivity index (χ1n) is 6.55. The number of hydrogen-bond donors (Lipinski definition) is 1. The van der Waals surface area contributed by atoms with Crippen LogP contribution < -0.4 is 5.32 Å². The van der Waals surface area contributed by atoms with Gasteiger partial charge in [-0.3, -0.25) is 4.98 Å². The van der Waals surface area contributed by atoms with Crippen LogP contribution in [0.2, 0.25) is 0 Å². The first kappa shape index (κ1) is 13.8. The van der Waals surface area contributed by atoms with Crippen molar-refractivity contribution >= 4 is 21.6 Å². The molecule has 0 radical (unpaired) electrons. The molecule has 0 fully saturated rings. The van der Waals surface area contributed by atoms with Crippen molar-refractivity contribution in [1.29, 1.82) is 0 Å². The maximum Gasteiger partial charge on any atom is 0.137 e. The minimum atomic E-state index is 0.717. The van der Waals surface area contributed by atoms with Gasteiger partial charge in [-0.25, -0.2) is 9.67 Å². The summed E-state index contributed by atoms with van der Waals surface area (Å²) >= 11 is 3.42. The summed E-state index contributed by atoms with van der Waals surface area (Å²) in [5.41, 5.74) is 3.44. The zero-order valence-corrected chi connectivity index (χ0v) is 12.9. The number of nitrogens with one attached hydrogen (secondary N) is 1. The number of hydrogen-bond acceptors (Lipinski definition) is 4. The predicted molar refractivity (Wildman–Crippen MR) is 84.8 cm³/mol. The van der Waals surface area contributed by atoms with Crippen molar-refractivity contribution < 1.29 is 0 Å². The highest BCUT2D eigenvalue weighted by atomic mass is 79.9. The van der Waals surface area contributed by atoms with E-state index in [1.807, 2.05) is 29.1 Å². The first-order chi connectivity index (χ1) is 10.3. The Morgan fingerprint density at radius 1 is 1.10 bits per heavy atom. The van der Waals surface area contributed by atoms with Gasteiger partial charge in [0.15, 0.2) is 0 Å². The van der Waals surface area contributed by atoms with Crippen molar-refractivity contribution in [2.45, 2.75) is 13.1 Å². The molecule has 0 aliphatic carbocycles. The lowest BCUT2D eigenvalue weighted by Crippen LogP contribution is -2.07. The normalized spacial score (nSPS) is 10.5. The van der Waals surface area contributed by atoms with Crippen LogP contribution in [0.3, 0.4) is 0 Å². The van der Waals surface area contributed by atoms with Crippen molar-refractivity contribution in [3.05, 3.63) is 71.0 Å². The Labute approximate surface area is 131 Å². The highest BCUT2D eigenvalue weighted by Crippen LogP contribution is 2.16. The monoisotopic (exact) mass is 343 g/mol. The molecule has 0 aliphatic heterocycles. The molecule has 0 amide bonds. The Kier molecular flexibility index (Phi) is 4.25. The molecular formula is C15H14BrN5. The quantitative estimate of drug-likeness (QED) is 0.773. The van der Waals surface area contributed by atoms with Gasteiger partial charge in [0, 0.05) is 17.2 Å². The standard InChI is InChI=1S/C15H14BrN5/c16-14-5-15(8-17-7-14)19-6-12-3-1-2-4-13(12)9-21-11-18-10-20-21/h1-5,7-8,10-11,19H,6,9H2. The van der Waals surface area contributed by atoms with E-state index in [-0.39, 0.29) is 0 Å². The molecule has 0 bridgehead atoms. The third-order valence-corrected chi connectivity index (χ3v) is 3.54. The van der Waals surface area contributed by atoms with E-state index >= 15 is 0 Å². The Morgan fingerprint density at radius 2 is 1.95 bits per heavy atom. The minimum absolute atomic E-state index is 0.717. The van der Waals surface area contributed by atoms with E-state index in [0.29, 0.717) is 6.54 Å². The van der Waals surface area contributed by atoms with Crippen LogP contribution in [-0.4, -0.2) is 19.7 Å². The van der Waals surface area contributed by atoms with Crippen LogP contribution in [-0.2, 0) is 13.1 Å². The molecule has 0 atom stereocenters.